The van der Waals surface area contributed by atoms with Gasteiger partial charge in [0, 0.05) is 37.3 Å². The molecule has 4 nitrogen and oxygen atoms in total. The summed E-state index contributed by atoms with van der Waals surface area (Å²) in [4.78, 5) is 0. The number of rotatable bonds is 7. The summed E-state index contributed by atoms with van der Waals surface area (Å²) in [5.74, 6) is 0.752. The molecule has 0 atom stereocenters. The molecule has 0 radical (unpaired) electrons. The van der Waals surface area contributed by atoms with Crippen LogP contribution in [0, 0.1) is 27.7 Å². The minimum Gasteiger partial charge on any atom is -0.507 e. The molecule has 0 spiro atoms. The minimum atomic E-state index is 0.376. The van der Waals surface area contributed by atoms with Gasteiger partial charge in [0.25, 0.3) is 0 Å². The first kappa shape index (κ1) is 18.3. The van der Waals surface area contributed by atoms with E-state index in [1.807, 2.05) is 52.0 Å². The van der Waals surface area contributed by atoms with Crippen molar-refractivity contribution in [2.45, 2.75) is 40.8 Å². The smallest absolute Gasteiger partial charge is 0.122 e. The van der Waals surface area contributed by atoms with Crippen LogP contribution in [0.2, 0.25) is 0 Å². The van der Waals surface area contributed by atoms with E-state index in [1.165, 1.54) is 0 Å². The van der Waals surface area contributed by atoms with Gasteiger partial charge in [-0.15, -0.1) is 0 Å². The molecule has 0 aromatic heterocycles. The van der Waals surface area contributed by atoms with Crippen LogP contribution < -0.4 is 10.6 Å². The molecule has 4 N–H and O–H groups in total. The van der Waals surface area contributed by atoms with Crippen molar-refractivity contribution in [1.29, 1.82) is 0 Å². The van der Waals surface area contributed by atoms with Crippen LogP contribution in [0.15, 0.2) is 24.3 Å². The normalized spacial score (nSPS) is 11.0. The Bertz CT molecular complexity index is 650. The first-order chi connectivity index (χ1) is 11.4. The molecule has 0 heterocycles. The summed E-state index contributed by atoms with van der Waals surface area (Å²) >= 11 is 0. The van der Waals surface area contributed by atoms with Gasteiger partial charge >= 0.3 is 0 Å². The maximum atomic E-state index is 10.1. The maximum Gasteiger partial charge on any atom is 0.122 e. The van der Waals surface area contributed by atoms with E-state index < -0.39 is 0 Å². The van der Waals surface area contributed by atoms with Crippen LogP contribution in [0.4, 0.5) is 0 Å². The van der Waals surface area contributed by atoms with Crippen molar-refractivity contribution in [3.05, 3.63) is 57.6 Å². The van der Waals surface area contributed by atoms with Gasteiger partial charge in [-0.05, 0) is 38.8 Å². The van der Waals surface area contributed by atoms with Gasteiger partial charge in [-0.3, -0.25) is 0 Å². The monoisotopic (exact) mass is 328 g/mol. The Morgan fingerprint density at radius 1 is 0.667 bits per heavy atom. The molecule has 0 bridgehead atoms. The van der Waals surface area contributed by atoms with Gasteiger partial charge in [0.2, 0.25) is 0 Å². The largest absolute Gasteiger partial charge is 0.507 e. The van der Waals surface area contributed by atoms with E-state index in [9.17, 15) is 10.2 Å². The van der Waals surface area contributed by atoms with Crippen LogP contribution >= 0.6 is 0 Å². The van der Waals surface area contributed by atoms with Gasteiger partial charge in [-0.2, -0.15) is 0 Å². The molecule has 130 valence electrons. The van der Waals surface area contributed by atoms with Crippen LogP contribution in [0.1, 0.15) is 33.4 Å². The Labute approximate surface area is 144 Å². The van der Waals surface area contributed by atoms with E-state index in [0.29, 0.717) is 24.6 Å². The average molecular weight is 328 g/mol. The molecule has 0 amide bonds. The van der Waals surface area contributed by atoms with Crippen molar-refractivity contribution in [2.24, 2.45) is 0 Å². The summed E-state index contributed by atoms with van der Waals surface area (Å²) in [5, 5.41) is 26.8. The summed E-state index contributed by atoms with van der Waals surface area (Å²) in [7, 11) is 0. The standard InChI is InChI=1S/C20H28N2O2/c1-13-7-15(3)19(23)17(9-13)11-21-5-6-22-12-18-10-14(2)8-16(4)20(18)24/h7-10,21-24H,5-6,11-12H2,1-4H3. The second-order valence-corrected chi connectivity index (χ2v) is 6.53. The third-order valence-corrected chi connectivity index (χ3v) is 4.16. The molecule has 24 heavy (non-hydrogen) atoms. The Kier molecular flexibility index (Phi) is 6.23. The molecule has 0 aliphatic carbocycles. The van der Waals surface area contributed by atoms with Gasteiger partial charge in [-0.25, -0.2) is 0 Å². The van der Waals surface area contributed by atoms with Crippen LogP contribution in [-0.2, 0) is 13.1 Å². The summed E-state index contributed by atoms with van der Waals surface area (Å²) in [6, 6.07) is 7.99. The fraction of sp³-hybridized carbons (Fsp3) is 0.400. The molecule has 0 unspecified atom stereocenters. The first-order valence-corrected chi connectivity index (χ1v) is 8.38. The number of phenolic OH excluding ortho intramolecular Hbond substituents is 2. The van der Waals surface area contributed by atoms with Crippen LogP contribution in [0.3, 0.4) is 0 Å². The van der Waals surface area contributed by atoms with E-state index in [0.717, 1.165) is 46.5 Å². The van der Waals surface area contributed by atoms with E-state index in [-0.39, 0.29) is 0 Å². The Morgan fingerprint density at radius 3 is 1.42 bits per heavy atom. The number of phenols is 2. The topological polar surface area (TPSA) is 64.5 Å². The molecule has 2 rings (SSSR count). The highest BCUT2D eigenvalue weighted by Gasteiger charge is 2.06. The van der Waals surface area contributed by atoms with Crippen molar-refractivity contribution in [3.63, 3.8) is 0 Å². The Hall–Kier alpha value is -2.04. The molecule has 0 aliphatic rings. The summed E-state index contributed by atoms with van der Waals surface area (Å²) in [6.07, 6.45) is 0. The highest BCUT2D eigenvalue weighted by molar-refractivity contribution is 5.43. The molecule has 4 heteroatoms. The SMILES string of the molecule is Cc1cc(C)c(O)c(CNCCNCc2cc(C)cc(C)c2O)c1. The summed E-state index contributed by atoms with van der Waals surface area (Å²) < 4.78 is 0. The van der Waals surface area contributed by atoms with Crippen LogP contribution in [-0.4, -0.2) is 23.3 Å². The lowest BCUT2D eigenvalue weighted by Crippen LogP contribution is -2.27. The molecule has 2 aromatic rings. The van der Waals surface area contributed by atoms with Gasteiger partial charge in [-0.1, -0.05) is 35.4 Å². The molecule has 0 aliphatic heterocycles. The fourth-order valence-corrected chi connectivity index (χ4v) is 2.99. The van der Waals surface area contributed by atoms with Gasteiger partial charge in [0.05, 0.1) is 0 Å². The van der Waals surface area contributed by atoms with E-state index in [4.69, 9.17) is 0 Å². The third kappa shape index (κ3) is 4.73. The average Bonchev–Trinajstić information content (AvgIpc) is 2.51. The first-order valence-electron chi connectivity index (χ1n) is 8.38. The lowest BCUT2D eigenvalue weighted by molar-refractivity contribution is 0.456. The van der Waals surface area contributed by atoms with Crippen LogP contribution in [0.5, 0.6) is 11.5 Å². The number of aryl methyl sites for hydroxylation is 4. The number of aromatic hydroxyl groups is 2. The lowest BCUT2D eigenvalue weighted by atomic mass is 10.1. The predicted molar refractivity (Wildman–Crippen MR) is 98.6 cm³/mol. The zero-order chi connectivity index (χ0) is 17.7. The van der Waals surface area contributed by atoms with Gasteiger partial charge < -0.3 is 20.8 Å². The maximum absolute atomic E-state index is 10.1. The molecular weight excluding hydrogens is 300 g/mol. The summed E-state index contributed by atoms with van der Waals surface area (Å²) in [6.45, 7) is 10.8. The fourth-order valence-electron chi connectivity index (χ4n) is 2.99. The number of hydrogen-bond acceptors (Lipinski definition) is 4. The number of hydrogen-bond donors (Lipinski definition) is 4. The van der Waals surface area contributed by atoms with Crippen molar-refractivity contribution in [1.82, 2.24) is 10.6 Å². The zero-order valence-corrected chi connectivity index (χ0v) is 15.0. The lowest BCUT2D eigenvalue weighted by Gasteiger charge is -2.12. The van der Waals surface area contributed by atoms with Crippen molar-refractivity contribution in [2.75, 3.05) is 13.1 Å². The van der Waals surface area contributed by atoms with Gasteiger partial charge in [0.1, 0.15) is 11.5 Å². The zero-order valence-electron chi connectivity index (χ0n) is 15.0. The molecule has 0 saturated carbocycles. The number of nitrogens with one attached hydrogen (secondary N) is 2. The van der Waals surface area contributed by atoms with E-state index in [1.54, 1.807) is 0 Å². The predicted octanol–water partition coefficient (Wildman–Crippen LogP) is 3.21. The Morgan fingerprint density at radius 2 is 1.04 bits per heavy atom. The summed E-state index contributed by atoms with van der Waals surface area (Å²) in [5.41, 5.74) is 6.00. The number of benzene rings is 2. The van der Waals surface area contributed by atoms with Gasteiger partial charge in [0.15, 0.2) is 0 Å². The van der Waals surface area contributed by atoms with E-state index >= 15 is 0 Å². The molecule has 0 fully saturated rings. The highest BCUT2D eigenvalue weighted by atomic mass is 16.3. The Balaban J connectivity index is 1.77. The minimum absolute atomic E-state index is 0.376. The molecule has 0 saturated heterocycles. The highest BCUT2D eigenvalue weighted by Crippen LogP contribution is 2.24. The molecular formula is C20H28N2O2. The van der Waals surface area contributed by atoms with Crippen molar-refractivity contribution in [3.8, 4) is 11.5 Å². The second kappa shape index (κ2) is 8.18. The van der Waals surface area contributed by atoms with Crippen molar-refractivity contribution >= 4 is 0 Å². The van der Waals surface area contributed by atoms with Crippen molar-refractivity contribution < 1.29 is 10.2 Å². The van der Waals surface area contributed by atoms with E-state index in [2.05, 4.69) is 10.6 Å². The quantitative estimate of drug-likeness (QED) is 0.589. The second-order valence-electron chi connectivity index (χ2n) is 6.53. The molecule has 2 aromatic carbocycles. The third-order valence-electron chi connectivity index (χ3n) is 4.16. The van der Waals surface area contributed by atoms with Crippen LogP contribution in [0.25, 0.3) is 0 Å².